The molecule has 1 aromatic carbocycles. The summed E-state index contributed by atoms with van der Waals surface area (Å²) in [5, 5.41) is 9.76. The number of guanidine groups is 1. The first-order chi connectivity index (χ1) is 14.1. The van der Waals surface area contributed by atoms with E-state index in [1.807, 2.05) is 0 Å². The van der Waals surface area contributed by atoms with Crippen LogP contribution in [-0.4, -0.2) is 56.0 Å². The first kappa shape index (κ1) is 26.7. The summed E-state index contributed by atoms with van der Waals surface area (Å²) in [7, 11) is 3.93. The summed E-state index contributed by atoms with van der Waals surface area (Å²) in [6.07, 6.45) is 7.52. The zero-order chi connectivity index (χ0) is 20.9. The van der Waals surface area contributed by atoms with Crippen molar-refractivity contribution in [2.24, 2.45) is 4.99 Å². The van der Waals surface area contributed by atoms with E-state index >= 15 is 0 Å². The Labute approximate surface area is 199 Å². The molecule has 1 aliphatic carbocycles. The Morgan fingerprint density at radius 1 is 1.13 bits per heavy atom. The third-order valence-electron chi connectivity index (χ3n) is 5.72. The second-order valence-corrected chi connectivity index (χ2v) is 8.12. The van der Waals surface area contributed by atoms with Gasteiger partial charge in [-0.2, -0.15) is 0 Å². The maximum Gasteiger partial charge on any atom is 0.221 e. The number of rotatable bonds is 10. The van der Waals surface area contributed by atoms with Crippen LogP contribution in [0.3, 0.4) is 0 Å². The van der Waals surface area contributed by atoms with E-state index in [4.69, 9.17) is 0 Å². The van der Waals surface area contributed by atoms with Gasteiger partial charge < -0.3 is 16.0 Å². The minimum Gasteiger partial charge on any atom is -0.356 e. The Hall–Kier alpha value is -1.35. The number of hydrogen-bond donors (Lipinski definition) is 3. The fraction of sp³-hybridized carbons (Fsp3) is 0.652. The highest BCUT2D eigenvalue weighted by atomic mass is 127. The van der Waals surface area contributed by atoms with Crippen molar-refractivity contribution in [1.82, 2.24) is 20.9 Å². The fourth-order valence-corrected chi connectivity index (χ4v) is 3.71. The predicted octanol–water partition coefficient (Wildman–Crippen LogP) is 3.52. The van der Waals surface area contributed by atoms with Crippen molar-refractivity contribution in [3.05, 3.63) is 35.9 Å². The molecule has 1 saturated carbocycles. The molecule has 1 unspecified atom stereocenters. The van der Waals surface area contributed by atoms with Gasteiger partial charge in [0, 0.05) is 45.2 Å². The third kappa shape index (κ3) is 10.6. The summed E-state index contributed by atoms with van der Waals surface area (Å²) in [6.45, 7) is 4.64. The lowest BCUT2D eigenvalue weighted by Gasteiger charge is -2.25. The van der Waals surface area contributed by atoms with E-state index < -0.39 is 0 Å². The summed E-state index contributed by atoms with van der Waals surface area (Å²) < 4.78 is 0. The monoisotopic (exact) mass is 529 g/mol. The molecule has 0 aliphatic heterocycles. The van der Waals surface area contributed by atoms with Gasteiger partial charge in [0.15, 0.2) is 5.96 Å². The van der Waals surface area contributed by atoms with Crippen molar-refractivity contribution in [3.8, 4) is 0 Å². The van der Waals surface area contributed by atoms with Gasteiger partial charge in [-0.05, 0) is 38.8 Å². The van der Waals surface area contributed by atoms with E-state index in [1.54, 1.807) is 7.05 Å². The van der Waals surface area contributed by atoms with Crippen LogP contribution in [0.1, 0.15) is 57.4 Å². The van der Waals surface area contributed by atoms with Crippen LogP contribution in [0.2, 0.25) is 0 Å². The quantitative estimate of drug-likeness (QED) is 0.247. The van der Waals surface area contributed by atoms with Crippen LogP contribution in [0, 0.1) is 0 Å². The maximum absolute atomic E-state index is 12.1. The standard InChI is InChI=1S/C23H39N5O.HI/c1-19(28(3)18-20-10-6-4-7-11-20)14-16-25-23(24-2)26-17-15-22(29)27-21-12-8-5-9-13-21;/h4,6-7,10-11,19,21H,5,8-9,12-18H2,1-3H3,(H,27,29)(H2,24,25,26);1H. The Bertz CT molecular complexity index is 619. The number of nitrogens with one attached hydrogen (secondary N) is 3. The molecule has 170 valence electrons. The topological polar surface area (TPSA) is 68.8 Å². The fourth-order valence-electron chi connectivity index (χ4n) is 3.71. The van der Waals surface area contributed by atoms with Crippen molar-refractivity contribution >= 4 is 35.8 Å². The molecule has 30 heavy (non-hydrogen) atoms. The van der Waals surface area contributed by atoms with Crippen LogP contribution < -0.4 is 16.0 Å². The first-order valence-electron chi connectivity index (χ1n) is 11.1. The molecule has 1 aromatic rings. The molecule has 0 radical (unpaired) electrons. The summed E-state index contributed by atoms with van der Waals surface area (Å²) >= 11 is 0. The third-order valence-corrected chi connectivity index (χ3v) is 5.72. The van der Waals surface area contributed by atoms with Gasteiger partial charge in [0.2, 0.25) is 5.91 Å². The van der Waals surface area contributed by atoms with Gasteiger partial charge in [0.1, 0.15) is 0 Å². The highest BCUT2D eigenvalue weighted by Gasteiger charge is 2.15. The lowest BCUT2D eigenvalue weighted by atomic mass is 9.95. The SMILES string of the molecule is CN=C(NCCC(=O)NC1CCCCC1)NCCC(C)N(C)Cc1ccccc1.I. The molecule has 0 spiro atoms. The number of halogens is 1. The van der Waals surface area contributed by atoms with Gasteiger partial charge in [0.25, 0.3) is 0 Å². The molecule has 7 heteroatoms. The normalized spacial score (nSPS) is 15.9. The van der Waals surface area contributed by atoms with Gasteiger partial charge >= 0.3 is 0 Å². The molecule has 0 heterocycles. The summed E-state index contributed by atoms with van der Waals surface area (Å²) in [5.41, 5.74) is 1.33. The van der Waals surface area contributed by atoms with Crippen molar-refractivity contribution in [3.63, 3.8) is 0 Å². The van der Waals surface area contributed by atoms with Gasteiger partial charge in [-0.15, -0.1) is 24.0 Å². The maximum atomic E-state index is 12.1. The van der Waals surface area contributed by atoms with Gasteiger partial charge in [0.05, 0.1) is 0 Å². The molecule has 0 saturated heterocycles. The minimum absolute atomic E-state index is 0. The molecule has 3 N–H and O–H groups in total. The van der Waals surface area contributed by atoms with E-state index in [0.717, 1.165) is 38.3 Å². The van der Waals surface area contributed by atoms with E-state index in [9.17, 15) is 4.79 Å². The largest absolute Gasteiger partial charge is 0.356 e. The Kier molecular flexibility index (Phi) is 13.7. The summed E-state index contributed by atoms with van der Waals surface area (Å²) in [6, 6.07) is 11.4. The van der Waals surface area contributed by atoms with Crippen molar-refractivity contribution in [2.75, 3.05) is 27.2 Å². The number of carbonyl (C=O) groups is 1. The van der Waals surface area contributed by atoms with Crippen LogP contribution in [0.15, 0.2) is 35.3 Å². The number of hydrogen-bond acceptors (Lipinski definition) is 3. The number of benzene rings is 1. The Balaban J connectivity index is 0.00000450. The molecule has 0 aromatic heterocycles. The number of nitrogens with zero attached hydrogens (tertiary/aromatic N) is 2. The van der Waals surface area contributed by atoms with Gasteiger partial charge in [-0.25, -0.2) is 0 Å². The van der Waals surface area contributed by atoms with E-state index in [1.165, 1.54) is 24.8 Å². The molecular formula is C23H40IN5O. The number of carbonyl (C=O) groups excluding carboxylic acids is 1. The lowest BCUT2D eigenvalue weighted by molar-refractivity contribution is -0.121. The molecule has 1 amide bonds. The molecule has 1 atom stereocenters. The van der Waals surface area contributed by atoms with E-state index in [0.29, 0.717) is 25.0 Å². The van der Waals surface area contributed by atoms with Crippen LogP contribution in [0.25, 0.3) is 0 Å². The van der Waals surface area contributed by atoms with Crippen LogP contribution in [0.5, 0.6) is 0 Å². The molecule has 0 bridgehead atoms. The van der Waals surface area contributed by atoms with E-state index in [2.05, 4.69) is 70.1 Å². The highest BCUT2D eigenvalue weighted by Crippen LogP contribution is 2.17. The van der Waals surface area contributed by atoms with Crippen LogP contribution in [-0.2, 0) is 11.3 Å². The molecule has 2 rings (SSSR count). The summed E-state index contributed by atoms with van der Waals surface area (Å²) in [4.78, 5) is 18.7. The van der Waals surface area contributed by atoms with Crippen molar-refractivity contribution < 1.29 is 4.79 Å². The zero-order valence-corrected chi connectivity index (χ0v) is 21.2. The number of aliphatic imine (C=N–C) groups is 1. The second-order valence-electron chi connectivity index (χ2n) is 8.12. The van der Waals surface area contributed by atoms with Crippen LogP contribution >= 0.6 is 24.0 Å². The molecular weight excluding hydrogens is 489 g/mol. The van der Waals surface area contributed by atoms with E-state index in [-0.39, 0.29) is 29.9 Å². The average Bonchev–Trinajstić information content (AvgIpc) is 2.74. The van der Waals surface area contributed by atoms with Crippen LogP contribution in [0.4, 0.5) is 0 Å². The second kappa shape index (κ2) is 15.5. The molecule has 1 fully saturated rings. The van der Waals surface area contributed by atoms with Crippen molar-refractivity contribution in [1.29, 1.82) is 0 Å². The molecule has 6 nitrogen and oxygen atoms in total. The number of amides is 1. The predicted molar refractivity (Wildman–Crippen MR) is 136 cm³/mol. The Morgan fingerprint density at radius 3 is 2.47 bits per heavy atom. The highest BCUT2D eigenvalue weighted by molar-refractivity contribution is 14.0. The smallest absolute Gasteiger partial charge is 0.221 e. The summed E-state index contributed by atoms with van der Waals surface area (Å²) in [5.74, 6) is 0.893. The Morgan fingerprint density at radius 2 is 1.80 bits per heavy atom. The van der Waals surface area contributed by atoms with Gasteiger partial charge in [-0.1, -0.05) is 49.6 Å². The van der Waals surface area contributed by atoms with Gasteiger partial charge in [-0.3, -0.25) is 14.7 Å². The minimum atomic E-state index is 0. The average molecular weight is 530 g/mol. The molecule has 1 aliphatic rings. The zero-order valence-electron chi connectivity index (χ0n) is 18.8. The lowest BCUT2D eigenvalue weighted by Crippen LogP contribution is -2.42. The first-order valence-corrected chi connectivity index (χ1v) is 11.1. The van der Waals surface area contributed by atoms with Crippen molar-refractivity contribution in [2.45, 2.75) is 70.5 Å².